The van der Waals surface area contributed by atoms with Gasteiger partial charge in [0.1, 0.15) is 5.75 Å². The number of hydrogen-bond acceptors (Lipinski definition) is 6. The number of hydrogen-bond donors (Lipinski definition) is 0. The molecule has 1 aromatic carbocycles. The molecule has 188 valence electrons. The SMILES string of the molecule is CCOC(=O)CCc1cnccc1N1CCC(COc2ccc3c(c2)CN(C)CC3)CC1.Cl.Cl. The Kier molecular flexibility index (Phi) is 11.4. The van der Waals surface area contributed by atoms with Gasteiger partial charge < -0.3 is 19.3 Å². The Morgan fingerprint density at radius 1 is 1.12 bits per heavy atom. The quantitative estimate of drug-likeness (QED) is 0.480. The number of halogens is 2. The zero-order chi connectivity index (χ0) is 22.3. The van der Waals surface area contributed by atoms with Crippen molar-refractivity contribution < 1.29 is 14.3 Å². The molecule has 2 aromatic rings. The molecular weight excluding hydrogens is 473 g/mol. The van der Waals surface area contributed by atoms with Crippen LogP contribution in [-0.4, -0.2) is 55.7 Å². The number of carbonyl (C=O) groups excluding carboxylic acids is 1. The minimum Gasteiger partial charge on any atom is -0.493 e. The third kappa shape index (κ3) is 7.49. The Bertz CT molecular complexity index is 920. The molecule has 4 rings (SSSR count). The van der Waals surface area contributed by atoms with Gasteiger partial charge in [-0.25, -0.2) is 0 Å². The van der Waals surface area contributed by atoms with Crippen molar-refractivity contribution in [3.05, 3.63) is 53.3 Å². The van der Waals surface area contributed by atoms with Gasteiger partial charge >= 0.3 is 5.97 Å². The van der Waals surface area contributed by atoms with Crippen LogP contribution in [0.1, 0.15) is 42.9 Å². The molecule has 0 unspecified atom stereocenters. The Balaban J connectivity index is 0.00000204. The Hall–Kier alpha value is -2.02. The Morgan fingerprint density at radius 3 is 2.68 bits per heavy atom. The highest BCUT2D eigenvalue weighted by atomic mass is 35.5. The number of ether oxygens (including phenoxy) is 2. The molecule has 2 aliphatic rings. The number of likely N-dealkylation sites (N-methyl/N-ethyl adjacent to an activating group) is 1. The fraction of sp³-hybridized carbons (Fsp3) is 0.538. The van der Waals surface area contributed by atoms with Gasteiger partial charge in [-0.05, 0) is 80.5 Å². The van der Waals surface area contributed by atoms with E-state index in [-0.39, 0.29) is 30.8 Å². The van der Waals surface area contributed by atoms with Crippen molar-refractivity contribution in [3.8, 4) is 5.75 Å². The van der Waals surface area contributed by atoms with E-state index in [1.54, 1.807) is 0 Å². The van der Waals surface area contributed by atoms with Crippen LogP contribution in [0.4, 0.5) is 5.69 Å². The van der Waals surface area contributed by atoms with Crippen molar-refractivity contribution >= 4 is 36.5 Å². The molecule has 3 heterocycles. The third-order valence-electron chi connectivity index (χ3n) is 6.60. The third-order valence-corrected chi connectivity index (χ3v) is 6.60. The van der Waals surface area contributed by atoms with Gasteiger partial charge in [0, 0.05) is 50.7 Å². The topological polar surface area (TPSA) is 54.9 Å². The van der Waals surface area contributed by atoms with Crippen LogP contribution in [0.25, 0.3) is 0 Å². The summed E-state index contributed by atoms with van der Waals surface area (Å²) in [7, 11) is 2.18. The zero-order valence-electron chi connectivity index (χ0n) is 20.2. The number of piperidine rings is 1. The lowest BCUT2D eigenvalue weighted by Gasteiger charge is -2.34. The molecular formula is C26H37Cl2N3O3. The zero-order valence-corrected chi connectivity index (χ0v) is 21.8. The summed E-state index contributed by atoms with van der Waals surface area (Å²) in [6, 6.07) is 8.67. The maximum absolute atomic E-state index is 11.8. The molecule has 34 heavy (non-hydrogen) atoms. The van der Waals surface area contributed by atoms with Crippen molar-refractivity contribution in [2.24, 2.45) is 5.92 Å². The van der Waals surface area contributed by atoms with Crippen LogP contribution in [0, 0.1) is 5.92 Å². The summed E-state index contributed by atoms with van der Waals surface area (Å²) >= 11 is 0. The van der Waals surface area contributed by atoms with E-state index < -0.39 is 0 Å². The fourth-order valence-corrected chi connectivity index (χ4v) is 4.71. The van der Waals surface area contributed by atoms with E-state index in [2.05, 4.69) is 46.1 Å². The van der Waals surface area contributed by atoms with E-state index in [1.165, 1.54) is 16.8 Å². The number of rotatable bonds is 8. The summed E-state index contributed by atoms with van der Waals surface area (Å²) in [6.07, 6.45) is 8.12. The highest BCUT2D eigenvalue weighted by Crippen LogP contribution is 2.28. The van der Waals surface area contributed by atoms with Crippen molar-refractivity contribution in [1.82, 2.24) is 9.88 Å². The molecule has 1 aromatic heterocycles. The summed E-state index contributed by atoms with van der Waals surface area (Å²) < 4.78 is 11.3. The lowest BCUT2D eigenvalue weighted by atomic mass is 9.96. The van der Waals surface area contributed by atoms with Crippen molar-refractivity contribution in [2.75, 3.05) is 44.8 Å². The summed E-state index contributed by atoms with van der Waals surface area (Å²) in [5.41, 5.74) is 5.18. The van der Waals surface area contributed by atoms with Crippen LogP contribution in [0.3, 0.4) is 0 Å². The summed E-state index contributed by atoms with van der Waals surface area (Å²) in [5, 5.41) is 0. The smallest absolute Gasteiger partial charge is 0.306 e. The number of esters is 1. The van der Waals surface area contributed by atoms with Gasteiger partial charge in [0.05, 0.1) is 13.2 Å². The molecule has 0 atom stereocenters. The van der Waals surface area contributed by atoms with Gasteiger partial charge in [0.2, 0.25) is 0 Å². The Labute approximate surface area is 215 Å². The molecule has 0 radical (unpaired) electrons. The van der Waals surface area contributed by atoms with Gasteiger partial charge in [-0.15, -0.1) is 24.8 Å². The molecule has 1 saturated heterocycles. The number of benzene rings is 1. The maximum Gasteiger partial charge on any atom is 0.306 e. The average molecular weight is 511 g/mol. The summed E-state index contributed by atoms with van der Waals surface area (Å²) in [5.74, 6) is 1.42. The van der Waals surface area contributed by atoms with Gasteiger partial charge in [-0.1, -0.05) is 6.07 Å². The highest BCUT2D eigenvalue weighted by Gasteiger charge is 2.22. The second-order valence-corrected chi connectivity index (χ2v) is 8.97. The molecule has 8 heteroatoms. The van der Waals surface area contributed by atoms with Crippen LogP contribution in [0.5, 0.6) is 5.75 Å². The predicted octanol–water partition coefficient (Wildman–Crippen LogP) is 4.70. The van der Waals surface area contributed by atoms with Crippen molar-refractivity contribution in [1.29, 1.82) is 0 Å². The lowest BCUT2D eigenvalue weighted by Crippen LogP contribution is -2.36. The summed E-state index contributed by atoms with van der Waals surface area (Å²) in [6.45, 7) is 7.18. The van der Waals surface area contributed by atoms with Crippen LogP contribution in [0.15, 0.2) is 36.7 Å². The largest absolute Gasteiger partial charge is 0.493 e. The van der Waals surface area contributed by atoms with Gasteiger partial charge in [0.15, 0.2) is 0 Å². The first-order valence-electron chi connectivity index (χ1n) is 11.9. The summed E-state index contributed by atoms with van der Waals surface area (Å²) in [4.78, 5) is 20.8. The monoisotopic (exact) mass is 509 g/mol. The molecule has 0 spiro atoms. The van der Waals surface area contributed by atoms with Gasteiger partial charge in [-0.2, -0.15) is 0 Å². The number of fused-ring (bicyclic) bond motifs is 1. The molecule has 0 amide bonds. The molecule has 0 saturated carbocycles. The maximum atomic E-state index is 11.8. The van der Waals surface area contributed by atoms with E-state index >= 15 is 0 Å². The molecule has 0 bridgehead atoms. The van der Waals surface area contributed by atoms with Crippen LogP contribution < -0.4 is 9.64 Å². The standard InChI is InChI=1S/C26H35N3O3.2ClH/c1-3-31-26(30)7-5-22-17-27-12-8-25(22)29-14-9-20(10-15-29)19-32-24-6-4-21-11-13-28(2)18-23(21)16-24;;/h4,6,8,12,16-17,20H,3,5,7,9-11,13-15,18-19H2,1-2H3;2*1H. The minimum absolute atomic E-state index is 0. The van der Waals surface area contributed by atoms with Crippen LogP contribution in [0.2, 0.25) is 0 Å². The average Bonchev–Trinajstić information content (AvgIpc) is 2.82. The second kappa shape index (κ2) is 13.8. The van der Waals surface area contributed by atoms with E-state index in [9.17, 15) is 4.79 Å². The molecule has 2 aliphatic heterocycles. The van der Waals surface area contributed by atoms with Crippen LogP contribution >= 0.6 is 24.8 Å². The number of nitrogens with zero attached hydrogens (tertiary/aromatic N) is 3. The predicted molar refractivity (Wildman–Crippen MR) is 141 cm³/mol. The number of anilines is 1. The number of aryl methyl sites for hydroxylation is 1. The van der Waals surface area contributed by atoms with Crippen LogP contribution in [-0.2, 0) is 28.9 Å². The lowest BCUT2D eigenvalue weighted by molar-refractivity contribution is -0.143. The van der Waals surface area contributed by atoms with Crippen molar-refractivity contribution in [3.63, 3.8) is 0 Å². The normalized spacial score (nSPS) is 16.1. The molecule has 0 aliphatic carbocycles. The van der Waals surface area contributed by atoms with E-state index in [0.717, 1.165) is 63.4 Å². The highest BCUT2D eigenvalue weighted by molar-refractivity contribution is 5.85. The first-order chi connectivity index (χ1) is 15.6. The Morgan fingerprint density at radius 2 is 1.91 bits per heavy atom. The van der Waals surface area contributed by atoms with E-state index in [4.69, 9.17) is 9.47 Å². The van der Waals surface area contributed by atoms with Gasteiger partial charge in [0.25, 0.3) is 0 Å². The first-order valence-corrected chi connectivity index (χ1v) is 11.9. The number of pyridine rings is 1. The number of aromatic nitrogens is 1. The van der Waals surface area contributed by atoms with E-state index in [1.807, 2.05) is 19.3 Å². The second-order valence-electron chi connectivity index (χ2n) is 8.97. The minimum atomic E-state index is -0.146. The van der Waals surface area contributed by atoms with Gasteiger partial charge in [-0.3, -0.25) is 9.78 Å². The molecule has 0 N–H and O–H groups in total. The van der Waals surface area contributed by atoms with Crippen molar-refractivity contribution in [2.45, 2.75) is 45.6 Å². The molecule has 6 nitrogen and oxygen atoms in total. The number of carbonyl (C=O) groups is 1. The first kappa shape index (κ1) is 28.2. The fourth-order valence-electron chi connectivity index (χ4n) is 4.71. The molecule has 1 fully saturated rings. The van der Waals surface area contributed by atoms with E-state index in [0.29, 0.717) is 25.4 Å².